The van der Waals surface area contributed by atoms with Gasteiger partial charge in [0.25, 0.3) is 5.91 Å². The number of halogens is 1. The number of ether oxygens (including phenoxy) is 1. The third-order valence-corrected chi connectivity index (χ3v) is 5.83. The number of amides is 1. The normalized spacial score (nSPS) is 15.3. The predicted molar refractivity (Wildman–Crippen MR) is 126 cm³/mol. The van der Waals surface area contributed by atoms with E-state index in [0.29, 0.717) is 24.6 Å². The van der Waals surface area contributed by atoms with Gasteiger partial charge in [0.05, 0.1) is 6.61 Å². The Bertz CT molecular complexity index is 930. The van der Waals surface area contributed by atoms with Crippen molar-refractivity contribution in [2.45, 2.75) is 32.4 Å². The van der Waals surface area contributed by atoms with Gasteiger partial charge in [0.15, 0.2) is 0 Å². The van der Waals surface area contributed by atoms with Crippen molar-refractivity contribution in [1.82, 2.24) is 9.80 Å². The lowest BCUT2D eigenvalue weighted by Gasteiger charge is -2.34. The first-order valence-electron chi connectivity index (χ1n) is 11.3. The second-order valence-electron chi connectivity index (χ2n) is 9.41. The SMILES string of the molecule is CN(CC(=O)O)C(=O)c1ccc(-c2ccc(OCC3CCN(CC(C)(C)F)CC3)cc2)cc1. The van der Waals surface area contributed by atoms with E-state index in [1.165, 1.54) is 11.9 Å². The van der Waals surface area contributed by atoms with Crippen molar-refractivity contribution < 1.29 is 23.8 Å². The number of carboxylic acids is 1. The van der Waals surface area contributed by atoms with Crippen LogP contribution in [-0.4, -0.2) is 72.3 Å². The predicted octanol–water partition coefficient (Wildman–Crippen LogP) is 4.35. The lowest BCUT2D eigenvalue weighted by atomic mass is 9.97. The first-order chi connectivity index (χ1) is 15.6. The molecule has 0 radical (unpaired) electrons. The molecule has 1 saturated heterocycles. The van der Waals surface area contributed by atoms with Gasteiger partial charge in [-0.1, -0.05) is 24.3 Å². The van der Waals surface area contributed by atoms with E-state index in [-0.39, 0.29) is 12.5 Å². The fraction of sp³-hybridized carbons (Fsp3) is 0.462. The van der Waals surface area contributed by atoms with Crippen LogP contribution >= 0.6 is 0 Å². The Morgan fingerprint density at radius 2 is 1.61 bits per heavy atom. The first-order valence-corrected chi connectivity index (χ1v) is 11.3. The minimum atomic E-state index is -1.16. The lowest BCUT2D eigenvalue weighted by Crippen LogP contribution is -2.41. The molecule has 0 bridgehead atoms. The van der Waals surface area contributed by atoms with Crippen molar-refractivity contribution in [3.05, 3.63) is 54.1 Å². The summed E-state index contributed by atoms with van der Waals surface area (Å²) in [6.07, 6.45) is 2.03. The van der Waals surface area contributed by atoms with Gasteiger partial charge < -0.3 is 19.6 Å². The fourth-order valence-corrected chi connectivity index (χ4v) is 4.10. The molecule has 1 aliphatic heterocycles. The van der Waals surface area contributed by atoms with E-state index >= 15 is 0 Å². The van der Waals surface area contributed by atoms with Crippen molar-refractivity contribution >= 4 is 11.9 Å². The second kappa shape index (κ2) is 10.8. The number of nitrogens with zero attached hydrogens (tertiary/aromatic N) is 2. The highest BCUT2D eigenvalue weighted by atomic mass is 19.1. The van der Waals surface area contributed by atoms with Crippen LogP contribution in [0.4, 0.5) is 4.39 Å². The number of aliphatic carboxylic acids is 1. The van der Waals surface area contributed by atoms with Gasteiger partial charge in [-0.3, -0.25) is 9.59 Å². The average molecular weight is 457 g/mol. The van der Waals surface area contributed by atoms with Crippen LogP contribution in [0.5, 0.6) is 5.75 Å². The number of hydrogen-bond donors (Lipinski definition) is 1. The third kappa shape index (κ3) is 7.56. The molecule has 33 heavy (non-hydrogen) atoms. The van der Waals surface area contributed by atoms with Crippen LogP contribution in [0.1, 0.15) is 37.0 Å². The van der Waals surface area contributed by atoms with Crippen molar-refractivity contribution in [2.24, 2.45) is 5.92 Å². The van der Waals surface area contributed by atoms with Crippen LogP contribution in [-0.2, 0) is 4.79 Å². The Balaban J connectivity index is 1.49. The van der Waals surface area contributed by atoms with Gasteiger partial charge in [0.2, 0.25) is 0 Å². The number of likely N-dealkylation sites (N-methyl/N-ethyl adjacent to an activating group) is 1. The smallest absolute Gasteiger partial charge is 0.323 e. The number of hydrogen-bond acceptors (Lipinski definition) is 4. The zero-order valence-electron chi connectivity index (χ0n) is 19.6. The number of carbonyl (C=O) groups excluding carboxylic acids is 1. The minimum Gasteiger partial charge on any atom is -0.493 e. The van der Waals surface area contributed by atoms with E-state index in [1.54, 1.807) is 26.0 Å². The highest BCUT2D eigenvalue weighted by Crippen LogP contribution is 2.25. The molecule has 0 spiro atoms. The van der Waals surface area contributed by atoms with Crippen LogP contribution in [0, 0.1) is 5.92 Å². The van der Waals surface area contributed by atoms with E-state index < -0.39 is 11.6 Å². The molecule has 0 saturated carbocycles. The van der Waals surface area contributed by atoms with Gasteiger partial charge in [0.1, 0.15) is 18.0 Å². The summed E-state index contributed by atoms with van der Waals surface area (Å²) >= 11 is 0. The van der Waals surface area contributed by atoms with Crippen LogP contribution in [0.15, 0.2) is 48.5 Å². The Morgan fingerprint density at radius 3 is 2.12 bits per heavy atom. The van der Waals surface area contributed by atoms with Gasteiger partial charge in [-0.15, -0.1) is 0 Å². The number of piperidine rings is 1. The van der Waals surface area contributed by atoms with Crippen molar-refractivity contribution in [3.63, 3.8) is 0 Å². The molecule has 2 aromatic carbocycles. The largest absolute Gasteiger partial charge is 0.493 e. The molecule has 7 heteroatoms. The summed E-state index contributed by atoms with van der Waals surface area (Å²) < 4.78 is 19.8. The maximum absolute atomic E-state index is 13.8. The summed E-state index contributed by atoms with van der Waals surface area (Å²) in [6.45, 7) is 5.87. The van der Waals surface area contributed by atoms with E-state index in [9.17, 15) is 14.0 Å². The molecule has 178 valence electrons. The van der Waals surface area contributed by atoms with Gasteiger partial charge in [0, 0.05) is 19.2 Å². The number of alkyl halides is 1. The van der Waals surface area contributed by atoms with E-state index in [2.05, 4.69) is 4.90 Å². The number of benzene rings is 2. The van der Waals surface area contributed by atoms with Crippen LogP contribution in [0.3, 0.4) is 0 Å². The zero-order valence-corrected chi connectivity index (χ0v) is 19.6. The summed E-state index contributed by atoms with van der Waals surface area (Å²) in [5.41, 5.74) is 1.26. The molecule has 6 nitrogen and oxygen atoms in total. The maximum atomic E-state index is 13.8. The Kier molecular flexibility index (Phi) is 8.08. The summed E-state index contributed by atoms with van der Waals surface area (Å²) in [5.74, 6) is -0.0795. The molecule has 1 aliphatic rings. The Hall–Kier alpha value is -2.93. The van der Waals surface area contributed by atoms with Crippen molar-refractivity contribution in [3.8, 4) is 16.9 Å². The van der Waals surface area contributed by atoms with Crippen molar-refractivity contribution in [2.75, 3.05) is 39.8 Å². The molecule has 1 N–H and O–H groups in total. The summed E-state index contributed by atoms with van der Waals surface area (Å²) in [5, 5.41) is 8.84. The van der Waals surface area contributed by atoms with Gasteiger partial charge >= 0.3 is 5.97 Å². The van der Waals surface area contributed by atoms with Crippen LogP contribution in [0.25, 0.3) is 11.1 Å². The van der Waals surface area contributed by atoms with Gasteiger partial charge in [-0.25, -0.2) is 4.39 Å². The van der Waals surface area contributed by atoms with E-state index in [1.807, 2.05) is 36.4 Å². The molecule has 0 unspecified atom stereocenters. The molecule has 1 amide bonds. The number of rotatable bonds is 9. The quantitative estimate of drug-likeness (QED) is 0.608. The molecule has 1 fully saturated rings. The minimum absolute atomic E-state index is 0.327. The third-order valence-electron chi connectivity index (χ3n) is 5.83. The van der Waals surface area contributed by atoms with Crippen LogP contribution < -0.4 is 4.74 Å². The summed E-state index contributed by atoms with van der Waals surface area (Å²) in [4.78, 5) is 26.4. The first kappa shape index (κ1) is 24.7. The molecular weight excluding hydrogens is 423 g/mol. The summed E-state index contributed by atoms with van der Waals surface area (Å²) in [7, 11) is 1.47. The monoisotopic (exact) mass is 456 g/mol. The topological polar surface area (TPSA) is 70.1 Å². The number of carboxylic acid groups (broad SMARTS) is 1. The van der Waals surface area contributed by atoms with Crippen LogP contribution in [0.2, 0.25) is 0 Å². The average Bonchev–Trinajstić information content (AvgIpc) is 2.77. The van der Waals surface area contributed by atoms with Crippen molar-refractivity contribution in [1.29, 1.82) is 0 Å². The Morgan fingerprint density at radius 1 is 1.06 bits per heavy atom. The highest BCUT2D eigenvalue weighted by Gasteiger charge is 2.25. The van der Waals surface area contributed by atoms with E-state index in [0.717, 1.165) is 42.8 Å². The van der Waals surface area contributed by atoms with E-state index in [4.69, 9.17) is 9.84 Å². The molecule has 0 aliphatic carbocycles. The molecule has 3 rings (SSSR count). The van der Waals surface area contributed by atoms with Gasteiger partial charge in [-0.05, 0) is 81.1 Å². The Labute approximate surface area is 195 Å². The molecular formula is C26H33FN2O4. The summed E-state index contributed by atoms with van der Waals surface area (Å²) in [6, 6.07) is 15.0. The standard InChI is InChI=1S/C26H33FN2O4/c1-26(2,27)18-29-14-12-19(13-15-29)17-33-23-10-8-21(9-11-23)20-4-6-22(7-5-20)25(32)28(3)16-24(30)31/h4-11,19H,12-18H2,1-3H3,(H,30,31). The second-order valence-corrected chi connectivity index (χ2v) is 9.41. The highest BCUT2D eigenvalue weighted by molar-refractivity contribution is 5.96. The van der Waals surface area contributed by atoms with Gasteiger partial charge in [-0.2, -0.15) is 0 Å². The fourth-order valence-electron chi connectivity index (χ4n) is 4.10. The molecule has 2 aromatic rings. The lowest BCUT2D eigenvalue weighted by molar-refractivity contribution is -0.137. The maximum Gasteiger partial charge on any atom is 0.323 e. The molecule has 0 aromatic heterocycles. The zero-order chi connectivity index (χ0) is 24.0. The molecule has 1 heterocycles. The number of carbonyl (C=O) groups is 2. The molecule has 0 atom stereocenters. The number of likely N-dealkylation sites (tertiary alicyclic amines) is 1.